The number of benzene rings is 1. The maximum atomic E-state index is 6.69. The standard InChI is InChI=1S/C9H13.C6H7Si.C3H6N.CH3.Ti/c1-6-5-7(2)9(4)8(6)3;7-6-4-2-1-3-5-6;4-3-1-2-3;;/h6H,1-4H3;1-5H,7H2;3-4H,1-2H2;1H3;/q-1;;2*-1;+3. The molecule has 2 aliphatic carbocycles. The van der Waals surface area contributed by atoms with Crippen molar-refractivity contribution in [3.63, 3.8) is 0 Å². The molecule has 3 rings (SSSR count). The molecule has 1 nitrogen and oxygen atoms in total. The summed E-state index contributed by atoms with van der Waals surface area (Å²) in [5, 5.41) is 1.35. The van der Waals surface area contributed by atoms with Gasteiger partial charge in [0.2, 0.25) is 0 Å². The molecule has 1 saturated carbocycles. The van der Waals surface area contributed by atoms with Crippen molar-refractivity contribution in [1.82, 2.24) is 0 Å². The molecule has 0 heterocycles. The monoisotopic (exact) mass is 347 g/mol. The van der Waals surface area contributed by atoms with Crippen molar-refractivity contribution in [3.8, 4) is 0 Å². The van der Waals surface area contributed by atoms with Gasteiger partial charge in [-0.2, -0.15) is 11.1 Å². The number of hydrogen-bond donors (Lipinski definition) is 0. The van der Waals surface area contributed by atoms with Crippen LogP contribution in [0.2, 0.25) is 0 Å². The van der Waals surface area contributed by atoms with Gasteiger partial charge < -0.3 is 13.2 Å². The summed E-state index contributed by atoms with van der Waals surface area (Å²) in [6.07, 6.45) is 5.66. The molecule has 0 spiro atoms. The van der Waals surface area contributed by atoms with Crippen molar-refractivity contribution in [2.24, 2.45) is 5.92 Å². The van der Waals surface area contributed by atoms with E-state index in [0.717, 1.165) is 12.8 Å². The van der Waals surface area contributed by atoms with Crippen molar-refractivity contribution in [2.75, 3.05) is 0 Å². The molecule has 1 fully saturated rings. The van der Waals surface area contributed by atoms with Crippen LogP contribution in [0.3, 0.4) is 0 Å². The molecule has 1 atom stereocenters. The summed E-state index contributed by atoms with van der Waals surface area (Å²) in [6.45, 7) is 8.67. The summed E-state index contributed by atoms with van der Waals surface area (Å²) in [5.41, 5.74) is 10.9. The minimum atomic E-state index is 0. The Labute approximate surface area is 155 Å². The van der Waals surface area contributed by atoms with E-state index in [2.05, 4.69) is 45.9 Å². The maximum absolute atomic E-state index is 6.69. The smallest absolute Gasteiger partial charge is 0.675 e. The van der Waals surface area contributed by atoms with Crippen LogP contribution in [0.25, 0.3) is 5.73 Å². The predicted octanol–water partition coefficient (Wildman–Crippen LogP) is 4.32. The average Bonchev–Trinajstić information content (AvgIpc) is 3.17. The Kier molecular flexibility index (Phi) is 13.1. The second-order valence-corrected chi connectivity index (χ2v) is 6.38. The molecule has 1 aromatic carbocycles. The van der Waals surface area contributed by atoms with Gasteiger partial charge in [0.05, 0.1) is 0 Å². The summed E-state index contributed by atoms with van der Waals surface area (Å²) in [6, 6.07) is 10.6. The largest absolute Gasteiger partial charge is 3.00 e. The Hall–Kier alpha value is -0.409. The van der Waals surface area contributed by atoms with Crippen LogP contribution in [0.5, 0.6) is 0 Å². The summed E-state index contributed by atoms with van der Waals surface area (Å²) in [4.78, 5) is 0. The SMILES string of the molecule is CC1=[C-]C(C)C(C)=C1C.[CH3-].[NH-]C1CC1.[SiH2]c1ccccc1.[Ti+3]. The summed E-state index contributed by atoms with van der Waals surface area (Å²) >= 11 is 0. The number of rotatable bonds is 0. The third-order valence-corrected chi connectivity index (χ3v) is 4.13. The van der Waals surface area contributed by atoms with E-state index in [1.165, 1.54) is 21.9 Å². The van der Waals surface area contributed by atoms with Gasteiger partial charge in [-0.3, -0.25) is 6.08 Å². The van der Waals surface area contributed by atoms with Gasteiger partial charge in [0, 0.05) is 10.2 Å². The first-order valence-electron chi connectivity index (χ1n) is 7.27. The van der Waals surface area contributed by atoms with Crippen LogP contribution in [0.15, 0.2) is 47.1 Å². The van der Waals surface area contributed by atoms with Crippen LogP contribution in [0.4, 0.5) is 0 Å². The van der Waals surface area contributed by atoms with E-state index in [1.807, 2.05) is 28.4 Å². The Bertz CT molecular complexity index is 475. The fraction of sp³-hybridized carbons (Fsp3) is 0.421. The Morgan fingerprint density at radius 2 is 1.55 bits per heavy atom. The molecule has 0 aliphatic heterocycles. The first kappa shape index (κ1) is 23.9. The summed E-state index contributed by atoms with van der Waals surface area (Å²) in [7, 11) is 1.90. The number of allylic oxidation sites excluding steroid dienone is 4. The number of hydrogen-bond acceptors (Lipinski definition) is 0. The van der Waals surface area contributed by atoms with Crippen LogP contribution in [0.1, 0.15) is 40.5 Å². The molecule has 2 aliphatic rings. The molecule has 2 radical (unpaired) electrons. The first-order valence-corrected chi connectivity index (χ1v) is 7.98. The quantitative estimate of drug-likeness (QED) is 0.493. The maximum Gasteiger partial charge on any atom is 3.00 e. The van der Waals surface area contributed by atoms with Gasteiger partial charge in [-0.15, -0.1) is 13.0 Å². The van der Waals surface area contributed by atoms with E-state index in [4.69, 9.17) is 5.73 Å². The Morgan fingerprint density at radius 1 is 1.09 bits per heavy atom. The van der Waals surface area contributed by atoms with Gasteiger partial charge >= 0.3 is 21.7 Å². The van der Waals surface area contributed by atoms with Crippen molar-refractivity contribution in [1.29, 1.82) is 0 Å². The minimum absolute atomic E-state index is 0. The molecule has 0 aromatic heterocycles. The third-order valence-electron chi connectivity index (χ3n) is 3.66. The first-order chi connectivity index (χ1) is 9.41. The van der Waals surface area contributed by atoms with Crippen molar-refractivity contribution >= 4 is 15.4 Å². The summed E-state index contributed by atoms with van der Waals surface area (Å²) < 4.78 is 0. The van der Waals surface area contributed by atoms with Crippen molar-refractivity contribution in [2.45, 2.75) is 46.6 Å². The molecule has 1 N–H and O–H groups in total. The van der Waals surface area contributed by atoms with Crippen molar-refractivity contribution < 1.29 is 21.7 Å². The predicted molar refractivity (Wildman–Crippen MR) is 98.3 cm³/mol. The van der Waals surface area contributed by atoms with Gasteiger partial charge in [0.1, 0.15) is 0 Å². The fourth-order valence-corrected chi connectivity index (χ4v) is 2.00. The van der Waals surface area contributed by atoms with Gasteiger partial charge in [-0.25, -0.2) is 5.57 Å². The molecular weight excluding hydrogens is 318 g/mol. The molecule has 0 bridgehead atoms. The van der Waals surface area contributed by atoms with E-state index in [-0.39, 0.29) is 29.1 Å². The zero-order valence-corrected chi connectivity index (χ0v) is 17.6. The second kappa shape index (κ2) is 12.1. The molecule has 3 heteroatoms. The van der Waals surface area contributed by atoms with E-state index >= 15 is 0 Å². The molecule has 1 aromatic rings. The molecule has 22 heavy (non-hydrogen) atoms. The van der Waals surface area contributed by atoms with Gasteiger partial charge in [0.15, 0.2) is 0 Å². The minimum Gasteiger partial charge on any atom is -0.675 e. The van der Waals surface area contributed by atoms with Crippen LogP contribution in [-0.4, -0.2) is 16.3 Å². The zero-order valence-electron chi connectivity index (χ0n) is 14.7. The zero-order chi connectivity index (χ0) is 15.1. The van der Waals surface area contributed by atoms with Crippen LogP contribution >= 0.6 is 0 Å². The normalized spacial score (nSPS) is 18.6. The fourth-order valence-electron chi connectivity index (χ4n) is 1.72. The van der Waals surface area contributed by atoms with E-state index in [9.17, 15) is 0 Å². The van der Waals surface area contributed by atoms with E-state index in [0.29, 0.717) is 12.0 Å². The Morgan fingerprint density at radius 3 is 1.68 bits per heavy atom. The third kappa shape index (κ3) is 9.58. The van der Waals surface area contributed by atoms with Crippen LogP contribution < -0.4 is 5.19 Å². The topological polar surface area (TPSA) is 23.8 Å². The molecule has 1 unspecified atom stereocenters. The van der Waals surface area contributed by atoms with Gasteiger partial charge in [-0.05, 0) is 0 Å². The van der Waals surface area contributed by atoms with E-state index < -0.39 is 0 Å². The average molecular weight is 347 g/mol. The Balaban J connectivity index is 0. The van der Waals surface area contributed by atoms with Crippen molar-refractivity contribution in [3.05, 3.63) is 66.3 Å². The van der Waals surface area contributed by atoms with Crippen LogP contribution in [-0.2, 0) is 21.7 Å². The summed E-state index contributed by atoms with van der Waals surface area (Å²) in [5.74, 6) is 0.560. The molecule has 0 saturated heterocycles. The van der Waals surface area contributed by atoms with Crippen LogP contribution in [0, 0.1) is 19.4 Å². The molecular formula is C19H29NSiTi. The molecule has 118 valence electrons. The van der Waals surface area contributed by atoms with Gasteiger partial charge in [-0.1, -0.05) is 75.0 Å². The molecule has 0 amide bonds. The second-order valence-electron chi connectivity index (χ2n) is 5.56. The van der Waals surface area contributed by atoms with Gasteiger partial charge in [0.25, 0.3) is 0 Å². The number of nitrogens with one attached hydrogen (secondary N) is 1. The van der Waals surface area contributed by atoms with E-state index in [1.54, 1.807) is 0 Å².